The van der Waals surface area contributed by atoms with Gasteiger partial charge in [-0.2, -0.15) is 0 Å². The summed E-state index contributed by atoms with van der Waals surface area (Å²) in [6.45, 7) is 6.12. The Morgan fingerprint density at radius 3 is 2.82 bits per heavy atom. The Labute approximate surface area is 128 Å². The Kier molecular flexibility index (Phi) is 3.74. The van der Waals surface area contributed by atoms with E-state index in [1.54, 1.807) is 36.7 Å². The lowest BCUT2D eigenvalue weighted by atomic mass is 10.1. The number of hydrogen-bond acceptors (Lipinski definition) is 4. The molecule has 1 aromatic carbocycles. The van der Waals surface area contributed by atoms with Crippen LogP contribution >= 0.6 is 0 Å². The van der Waals surface area contributed by atoms with Crippen molar-refractivity contribution in [1.29, 1.82) is 0 Å². The number of benzene rings is 1. The van der Waals surface area contributed by atoms with Crippen LogP contribution in [0.3, 0.4) is 0 Å². The summed E-state index contributed by atoms with van der Waals surface area (Å²) in [6.07, 6.45) is 5.05. The van der Waals surface area contributed by atoms with Crippen molar-refractivity contribution in [2.75, 3.05) is 6.61 Å². The Bertz CT molecular complexity index is 763. The second-order valence-electron chi connectivity index (χ2n) is 5.12. The number of fused-ring (bicyclic) bond motifs is 1. The predicted molar refractivity (Wildman–Crippen MR) is 83.9 cm³/mol. The van der Waals surface area contributed by atoms with Gasteiger partial charge in [-0.1, -0.05) is 6.58 Å². The molecule has 0 fully saturated rings. The number of allylic oxidation sites excluding steroid dienone is 1. The van der Waals surface area contributed by atoms with Gasteiger partial charge >= 0.3 is 0 Å². The van der Waals surface area contributed by atoms with Gasteiger partial charge in [0.15, 0.2) is 5.76 Å². The number of rotatable bonds is 4. The minimum Gasteiger partial charge on any atom is -0.489 e. The van der Waals surface area contributed by atoms with Gasteiger partial charge in [0.1, 0.15) is 18.1 Å². The molecule has 3 rings (SSSR count). The number of Topliss-reactive ketones (excluding diaryl/α,β-unsaturated/α-hetero) is 1. The van der Waals surface area contributed by atoms with Crippen LogP contribution in [-0.2, 0) is 0 Å². The summed E-state index contributed by atoms with van der Waals surface area (Å²) in [7, 11) is 0. The number of hydrogen-bond donors (Lipinski definition) is 0. The number of aromatic nitrogens is 1. The molecule has 0 saturated heterocycles. The highest BCUT2D eigenvalue weighted by Gasteiger charge is 2.27. The molecule has 0 bridgehead atoms. The summed E-state index contributed by atoms with van der Waals surface area (Å²) >= 11 is 0. The number of nitrogens with zero attached hydrogens (tertiary/aromatic N) is 1. The maximum Gasteiger partial charge on any atom is 0.231 e. The topological polar surface area (TPSA) is 48.4 Å². The van der Waals surface area contributed by atoms with E-state index < -0.39 is 0 Å². The highest BCUT2D eigenvalue weighted by Crippen LogP contribution is 2.34. The van der Waals surface area contributed by atoms with E-state index in [9.17, 15) is 4.79 Å². The van der Waals surface area contributed by atoms with Gasteiger partial charge in [0.25, 0.3) is 0 Å². The van der Waals surface area contributed by atoms with Crippen LogP contribution < -0.4 is 9.47 Å². The molecular weight excluding hydrogens is 278 g/mol. The van der Waals surface area contributed by atoms with E-state index in [1.807, 2.05) is 19.1 Å². The van der Waals surface area contributed by atoms with E-state index in [-0.39, 0.29) is 5.78 Å². The Balaban J connectivity index is 1.84. The lowest BCUT2D eigenvalue weighted by Gasteiger charge is -2.06. The quantitative estimate of drug-likeness (QED) is 0.637. The van der Waals surface area contributed by atoms with E-state index >= 15 is 0 Å². The molecular formula is C18H15NO3. The SMILES string of the molecule is C=C(C)COc1ccc2c(c1)O/C(=C\c1ccncc1)C2=O. The van der Waals surface area contributed by atoms with Crippen molar-refractivity contribution in [1.82, 2.24) is 4.98 Å². The highest BCUT2D eigenvalue weighted by molar-refractivity contribution is 6.14. The van der Waals surface area contributed by atoms with Gasteiger partial charge in [-0.15, -0.1) is 0 Å². The molecule has 4 nitrogen and oxygen atoms in total. The second kappa shape index (κ2) is 5.85. The van der Waals surface area contributed by atoms with Gasteiger partial charge in [0, 0.05) is 18.5 Å². The molecule has 0 radical (unpaired) electrons. The highest BCUT2D eigenvalue weighted by atomic mass is 16.5. The third-order valence-electron chi connectivity index (χ3n) is 3.13. The zero-order valence-corrected chi connectivity index (χ0v) is 12.2. The maximum atomic E-state index is 12.3. The molecule has 1 aliphatic rings. The first-order chi connectivity index (χ1) is 10.6. The number of ether oxygens (including phenoxy) is 2. The lowest BCUT2D eigenvalue weighted by Crippen LogP contribution is -1.98. The molecule has 0 amide bonds. The van der Waals surface area contributed by atoms with Gasteiger partial charge in [-0.05, 0) is 48.4 Å². The molecule has 4 heteroatoms. The zero-order valence-electron chi connectivity index (χ0n) is 12.2. The fourth-order valence-corrected chi connectivity index (χ4v) is 2.07. The number of ketones is 1. The first kappa shape index (κ1) is 14.1. The van der Waals surface area contributed by atoms with Crippen LogP contribution in [0.15, 0.2) is 60.6 Å². The Hall–Kier alpha value is -2.88. The second-order valence-corrected chi connectivity index (χ2v) is 5.12. The molecule has 0 N–H and O–H groups in total. The van der Waals surface area contributed by atoms with Crippen LogP contribution in [0.25, 0.3) is 6.08 Å². The van der Waals surface area contributed by atoms with E-state index in [0.29, 0.717) is 29.4 Å². The minimum atomic E-state index is -0.127. The Morgan fingerprint density at radius 1 is 1.32 bits per heavy atom. The molecule has 2 aromatic rings. The standard InChI is InChI=1S/C18H15NO3/c1-12(2)11-21-14-3-4-15-16(10-14)22-17(18(15)20)9-13-5-7-19-8-6-13/h3-10H,1,11H2,2H3/b17-9-. The predicted octanol–water partition coefficient (Wildman–Crippen LogP) is 3.65. The molecule has 110 valence electrons. The van der Waals surface area contributed by atoms with Crippen molar-refractivity contribution < 1.29 is 14.3 Å². The average molecular weight is 293 g/mol. The number of carbonyl (C=O) groups is 1. The molecule has 1 aliphatic heterocycles. The smallest absolute Gasteiger partial charge is 0.231 e. The third kappa shape index (κ3) is 2.91. The van der Waals surface area contributed by atoms with Crippen LogP contribution in [0, 0.1) is 0 Å². The lowest BCUT2D eigenvalue weighted by molar-refractivity contribution is 0.101. The van der Waals surface area contributed by atoms with Crippen molar-refractivity contribution in [3.8, 4) is 11.5 Å². The molecule has 0 spiro atoms. The van der Waals surface area contributed by atoms with Crippen LogP contribution in [-0.4, -0.2) is 17.4 Å². The van der Waals surface area contributed by atoms with Gasteiger partial charge < -0.3 is 9.47 Å². The van der Waals surface area contributed by atoms with Crippen molar-refractivity contribution in [2.45, 2.75) is 6.92 Å². The van der Waals surface area contributed by atoms with Crippen molar-refractivity contribution in [3.05, 3.63) is 71.8 Å². The first-order valence-electron chi connectivity index (χ1n) is 6.89. The van der Waals surface area contributed by atoms with E-state index in [0.717, 1.165) is 11.1 Å². The summed E-state index contributed by atoms with van der Waals surface area (Å²) in [4.78, 5) is 16.3. The number of carbonyl (C=O) groups excluding carboxylic acids is 1. The fourth-order valence-electron chi connectivity index (χ4n) is 2.07. The first-order valence-corrected chi connectivity index (χ1v) is 6.89. The van der Waals surface area contributed by atoms with Gasteiger partial charge in [0.2, 0.25) is 5.78 Å². The third-order valence-corrected chi connectivity index (χ3v) is 3.13. The van der Waals surface area contributed by atoms with E-state index in [2.05, 4.69) is 11.6 Å². The van der Waals surface area contributed by atoms with Crippen molar-refractivity contribution >= 4 is 11.9 Å². The minimum absolute atomic E-state index is 0.127. The van der Waals surface area contributed by atoms with E-state index in [1.165, 1.54) is 0 Å². The zero-order chi connectivity index (χ0) is 15.5. The molecule has 0 saturated carbocycles. The molecule has 0 atom stereocenters. The fraction of sp³-hybridized carbons (Fsp3) is 0.111. The van der Waals surface area contributed by atoms with Crippen molar-refractivity contribution in [2.24, 2.45) is 0 Å². The number of pyridine rings is 1. The van der Waals surface area contributed by atoms with Crippen LogP contribution in [0.2, 0.25) is 0 Å². The Morgan fingerprint density at radius 2 is 2.09 bits per heavy atom. The largest absolute Gasteiger partial charge is 0.489 e. The molecule has 22 heavy (non-hydrogen) atoms. The van der Waals surface area contributed by atoms with Gasteiger partial charge in [0.05, 0.1) is 5.56 Å². The van der Waals surface area contributed by atoms with Gasteiger partial charge in [-0.3, -0.25) is 9.78 Å². The summed E-state index contributed by atoms with van der Waals surface area (Å²) in [5.74, 6) is 1.35. The summed E-state index contributed by atoms with van der Waals surface area (Å²) in [5.41, 5.74) is 2.34. The van der Waals surface area contributed by atoms with Gasteiger partial charge in [-0.25, -0.2) is 0 Å². The normalized spacial score (nSPS) is 14.6. The summed E-state index contributed by atoms with van der Waals surface area (Å²) in [6, 6.07) is 8.84. The van der Waals surface area contributed by atoms with Crippen LogP contribution in [0.1, 0.15) is 22.8 Å². The molecule has 2 heterocycles. The molecule has 0 unspecified atom stereocenters. The van der Waals surface area contributed by atoms with Crippen molar-refractivity contribution in [3.63, 3.8) is 0 Å². The van der Waals surface area contributed by atoms with Crippen LogP contribution in [0.4, 0.5) is 0 Å². The summed E-state index contributed by atoms with van der Waals surface area (Å²) < 4.78 is 11.2. The summed E-state index contributed by atoms with van der Waals surface area (Å²) in [5, 5.41) is 0. The average Bonchev–Trinajstić information content (AvgIpc) is 2.82. The maximum absolute atomic E-state index is 12.3. The van der Waals surface area contributed by atoms with Crippen LogP contribution in [0.5, 0.6) is 11.5 Å². The monoisotopic (exact) mass is 293 g/mol. The molecule has 1 aromatic heterocycles. The molecule has 0 aliphatic carbocycles. The van der Waals surface area contributed by atoms with E-state index in [4.69, 9.17) is 9.47 Å².